The normalized spacial score (nSPS) is 10.9. The van der Waals surface area contributed by atoms with Gasteiger partial charge in [0.15, 0.2) is 0 Å². The van der Waals surface area contributed by atoms with Gasteiger partial charge in [-0.1, -0.05) is 38.1 Å². The first-order valence-electron chi connectivity index (χ1n) is 7.03. The SMILES string of the molecule is CC(C)c1ccc(CC(=O)CSc2ccc(F)cc2)cc1. The van der Waals surface area contributed by atoms with E-state index in [1.165, 1.54) is 29.5 Å². The molecule has 0 aliphatic heterocycles. The number of carbonyl (C=O) groups is 1. The number of ketones is 1. The second kappa shape index (κ2) is 7.41. The molecular formula is C18H19FOS. The molecule has 0 spiro atoms. The van der Waals surface area contributed by atoms with Crippen molar-refractivity contribution in [3.8, 4) is 0 Å². The van der Waals surface area contributed by atoms with Gasteiger partial charge in [-0.05, 0) is 41.3 Å². The topological polar surface area (TPSA) is 17.1 Å². The highest BCUT2D eigenvalue weighted by Crippen LogP contribution is 2.19. The first kappa shape index (κ1) is 15.8. The third kappa shape index (κ3) is 5.01. The van der Waals surface area contributed by atoms with E-state index >= 15 is 0 Å². The van der Waals surface area contributed by atoms with Crippen molar-refractivity contribution in [1.29, 1.82) is 0 Å². The van der Waals surface area contributed by atoms with Gasteiger partial charge in [0.25, 0.3) is 0 Å². The Labute approximate surface area is 129 Å². The summed E-state index contributed by atoms with van der Waals surface area (Å²) in [5.74, 6) is 0.846. The van der Waals surface area contributed by atoms with Crippen LogP contribution < -0.4 is 0 Å². The third-order valence-corrected chi connectivity index (χ3v) is 4.33. The maximum atomic E-state index is 12.8. The van der Waals surface area contributed by atoms with E-state index in [0.29, 0.717) is 18.1 Å². The second-order valence-corrected chi connectivity index (χ2v) is 6.40. The molecule has 21 heavy (non-hydrogen) atoms. The fourth-order valence-electron chi connectivity index (χ4n) is 1.99. The van der Waals surface area contributed by atoms with Gasteiger partial charge in [-0.25, -0.2) is 4.39 Å². The van der Waals surface area contributed by atoms with Gasteiger partial charge >= 0.3 is 0 Å². The lowest BCUT2D eigenvalue weighted by Crippen LogP contribution is -2.05. The predicted octanol–water partition coefficient (Wildman–Crippen LogP) is 4.85. The molecule has 0 saturated carbocycles. The van der Waals surface area contributed by atoms with Crippen LogP contribution in [-0.4, -0.2) is 11.5 Å². The van der Waals surface area contributed by atoms with E-state index in [2.05, 4.69) is 26.0 Å². The smallest absolute Gasteiger partial charge is 0.147 e. The Morgan fingerprint density at radius 1 is 1.05 bits per heavy atom. The van der Waals surface area contributed by atoms with Crippen molar-refractivity contribution < 1.29 is 9.18 Å². The van der Waals surface area contributed by atoms with E-state index in [-0.39, 0.29) is 11.6 Å². The summed E-state index contributed by atoms with van der Waals surface area (Å²) in [5, 5.41) is 0. The Morgan fingerprint density at radius 3 is 2.24 bits per heavy atom. The second-order valence-electron chi connectivity index (χ2n) is 5.35. The molecule has 0 saturated heterocycles. The van der Waals surface area contributed by atoms with Crippen molar-refractivity contribution in [1.82, 2.24) is 0 Å². The maximum Gasteiger partial charge on any atom is 0.147 e. The van der Waals surface area contributed by atoms with Crippen LogP contribution in [0.25, 0.3) is 0 Å². The van der Waals surface area contributed by atoms with Gasteiger partial charge in [0.05, 0.1) is 5.75 Å². The molecule has 2 aromatic carbocycles. The molecule has 3 heteroatoms. The average molecular weight is 302 g/mol. The zero-order valence-electron chi connectivity index (χ0n) is 12.3. The van der Waals surface area contributed by atoms with Gasteiger partial charge < -0.3 is 0 Å². The number of hydrogen-bond acceptors (Lipinski definition) is 2. The van der Waals surface area contributed by atoms with Crippen molar-refractivity contribution >= 4 is 17.5 Å². The van der Waals surface area contributed by atoms with Crippen molar-refractivity contribution in [2.45, 2.75) is 31.1 Å². The quantitative estimate of drug-likeness (QED) is 0.709. The van der Waals surface area contributed by atoms with Gasteiger partial charge in [-0.15, -0.1) is 11.8 Å². The van der Waals surface area contributed by atoms with Gasteiger partial charge in [0, 0.05) is 11.3 Å². The van der Waals surface area contributed by atoms with Crippen LogP contribution in [-0.2, 0) is 11.2 Å². The number of rotatable bonds is 6. The summed E-state index contributed by atoms with van der Waals surface area (Å²) < 4.78 is 12.8. The Hall–Kier alpha value is -1.61. The summed E-state index contributed by atoms with van der Waals surface area (Å²) in [6, 6.07) is 14.4. The Morgan fingerprint density at radius 2 is 1.67 bits per heavy atom. The average Bonchev–Trinajstić information content (AvgIpc) is 2.47. The maximum absolute atomic E-state index is 12.8. The highest BCUT2D eigenvalue weighted by atomic mass is 32.2. The molecule has 0 aliphatic carbocycles. The molecule has 0 unspecified atom stereocenters. The van der Waals surface area contributed by atoms with E-state index < -0.39 is 0 Å². The molecule has 0 atom stereocenters. The highest BCUT2D eigenvalue weighted by Gasteiger charge is 2.06. The molecule has 0 fully saturated rings. The van der Waals surface area contributed by atoms with Crippen LogP contribution in [0.3, 0.4) is 0 Å². The van der Waals surface area contributed by atoms with Gasteiger partial charge in [-0.2, -0.15) is 0 Å². The third-order valence-electron chi connectivity index (χ3n) is 3.26. The molecule has 0 N–H and O–H groups in total. The molecule has 0 aliphatic rings. The number of benzene rings is 2. The lowest BCUT2D eigenvalue weighted by molar-refractivity contribution is -0.116. The molecule has 0 amide bonds. The van der Waals surface area contributed by atoms with E-state index in [1.54, 1.807) is 12.1 Å². The van der Waals surface area contributed by atoms with Crippen LogP contribution in [0.5, 0.6) is 0 Å². The molecule has 110 valence electrons. The minimum Gasteiger partial charge on any atom is -0.298 e. The minimum absolute atomic E-state index is 0.182. The summed E-state index contributed by atoms with van der Waals surface area (Å²) >= 11 is 1.45. The van der Waals surface area contributed by atoms with Crippen LogP contribution in [0.15, 0.2) is 53.4 Å². The fraction of sp³-hybridized carbons (Fsp3) is 0.278. The molecule has 0 bridgehead atoms. The zero-order chi connectivity index (χ0) is 15.2. The summed E-state index contributed by atoms with van der Waals surface area (Å²) in [7, 11) is 0. The lowest BCUT2D eigenvalue weighted by Gasteiger charge is -2.06. The lowest BCUT2D eigenvalue weighted by atomic mass is 10.0. The number of halogens is 1. The molecule has 0 radical (unpaired) electrons. The molecule has 0 heterocycles. The highest BCUT2D eigenvalue weighted by molar-refractivity contribution is 8.00. The molecule has 2 aromatic rings. The van der Waals surface area contributed by atoms with Gasteiger partial charge in [-0.3, -0.25) is 4.79 Å². The van der Waals surface area contributed by atoms with E-state index in [1.807, 2.05) is 12.1 Å². The minimum atomic E-state index is -0.254. The molecule has 1 nitrogen and oxygen atoms in total. The Kier molecular flexibility index (Phi) is 5.57. The van der Waals surface area contributed by atoms with Crippen LogP contribution in [0, 0.1) is 5.82 Å². The van der Waals surface area contributed by atoms with E-state index in [0.717, 1.165) is 10.5 Å². The largest absolute Gasteiger partial charge is 0.298 e. The summed E-state index contributed by atoms with van der Waals surface area (Å²) in [6.07, 6.45) is 0.451. The number of thioether (sulfide) groups is 1. The van der Waals surface area contributed by atoms with E-state index in [9.17, 15) is 9.18 Å². The van der Waals surface area contributed by atoms with Crippen LogP contribution in [0.2, 0.25) is 0 Å². The van der Waals surface area contributed by atoms with E-state index in [4.69, 9.17) is 0 Å². The zero-order valence-corrected chi connectivity index (χ0v) is 13.1. The number of Topliss-reactive ketones (excluding diaryl/α,β-unsaturated/α-hetero) is 1. The van der Waals surface area contributed by atoms with Crippen LogP contribution >= 0.6 is 11.8 Å². The molecular weight excluding hydrogens is 283 g/mol. The first-order valence-corrected chi connectivity index (χ1v) is 8.02. The monoisotopic (exact) mass is 302 g/mol. The standard InChI is InChI=1S/C18H19FOS/c1-13(2)15-5-3-14(4-6-15)11-17(20)12-21-18-9-7-16(19)8-10-18/h3-10,13H,11-12H2,1-2H3. The van der Waals surface area contributed by atoms with Crippen molar-refractivity contribution in [3.05, 3.63) is 65.5 Å². The van der Waals surface area contributed by atoms with Crippen LogP contribution in [0.4, 0.5) is 4.39 Å². The summed E-state index contributed by atoms with van der Waals surface area (Å²) in [6.45, 7) is 4.30. The van der Waals surface area contributed by atoms with Crippen LogP contribution in [0.1, 0.15) is 30.9 Å². The van der Waals surface area contributed by atoms with Crippen molar-refractivity contribution in [3.63, 3.8) is 0 Å². The Balaban J connectivity index is 1.85. The molecule has 0 aromatic heterocycles. The Bertz CT molecular complexity index is 588. The molecule has 2 rings (SSSR count). The first-order chi connectivity index (χ1) is 10.0. The van der Waals surface area contributed by atoms with Gasteiger partial charge in [0.2, 0.25) is 0 Å². The van der Waals surface area contributed by atoms with Crippen molar-refractivity contribution in [2.24, 2.45) is 0 Å². The number of hydrogen-bond donors (Lipinski definition) is 0. The van der Waals surface area contributed by atoms with Crippen molar-refractivity contribution in [2.75, 3.05) is 5.75 Å². The summed E-state index contributed by atoms with van der Waals surface area (Å²) in [4.78, 5) is 12.9. The summed E-state index contributed by atoms with van der Waals surface area (Å²) in [5.41, 5.74) is 2.33. The number of carbonyl (C=O) groups excluding carboxylic acids is 1. The predicted molar refractivity (Wildman–Crippen MR) is 86.4 cm³/mol. The fourth-order valence-corrected chi connectivity index (χ4v) is 2.75. The van der Waals surface area contributed by atoms with Gasteiger partial charge in [0.1, 0.15) is 11.6 Å².